The first-order valence-corrected chi connectivity index (χ1v) is 11.9. The Morgan fingerprint density at radius 3 is 2.73 bits per heavy atom. The van der Waals surface area contributed by atoms with Gasteiger partial charge in [-0.2, -0.15) is 0 Å². The largest absolute Gasteiger partial charge is 0.379 e. The quantitative estimate of drug-likeness (QED) is 0.405. The van der Waals surface area contributed by atoms with Crippen molar-refractivity contribution in [3.8, 4) is 16.4 Å². The van der Waals surface area contributed by atoms with Crippen molar-refractivity contribution in [2.75, 3.05) is 45.1 Å². The lowest BCUT2D eigenvalue weighted by atomic mass is 10.3. The number of carbonyl (C=O) groups is 1. The van der Waals surface area contributed by atoms with Crippen LogP contribution in [0.4, 0.5) is 0 Å². The predicted molar refractivity (Wildman–Crippen MR) is 120 cm³/mol. The summed E-state index contributed by atoms with van der Waals surface area (Å²) < 4.78 is 7.37. The van der Waals surface area contributed by atoms with Gasteiger partial charge in [-0.05, 0) is 36.5 Å². The molecule has 7 nitrogen and oxygen atoms in total. The highest BCUT2D eigenvalue weighted by Crippen LogP contribution is 2.30. The average molecular weight is 444 g/mol. The number of thiophene rings is 1. The van der Waals surface area contributed by atoms with Crippen molar-refractivity contribution in [3.05, 3.63) is 47.8 Å². The molecule has 1 fully saturated rings. The highest BCUT2D eigenvalue weighted by atomic mass is 32.2. The smallest absolute Gasteiger partial charge is 0.230 e. The number of nitrogens with zero attached hydrogens (tertiary/aromatic N) is 4. The Hall–Kier alpha value is -2.20. The Kier molecular flexibility index (Phi) is 7.52. The SMILES string of the molecule is O=C(CSc1nnc(-c2cccs2)n1-c1ccccc1)NCCCN1CCOCC1. The van der Waals surface area contributed by atoms with Crippen LogP contribution in [0.1, 0.15) is 6.42 Å². The summed E-state index contributed by atoms with van der Waals surface area (Å²) in [7, 11) is 0. The van der Waals surface area contributed by atoms with Crippen molar-refractivity contribution in [2.24, 2.45) is 0 Å². The second-order valence-electron chi connectivity index (χ2n) is 6.90. The summed E-state index contributed by atoms with van der Waals surface area (Å²) in [6, 6.07) is 14.0. The molecule has 1 amide bonds. The average Bonchev–Trinajstić information content (AvgIpc) is 3.46. The van der Waals surface area contributed by atoms with Crippen molar-refractivity contribution in [1.29, 1.82) is 0 Å². The number of hydrogen-bond acceptors (Lipinski definition) is 7. The van der Waals surface area contributed by atoms with Gasteiger partial charge in [0.15, 0.2) is 11.0 Å². The van der Waals surface area contributed by atoms with E-state index in [1.54, 1.807) is 11.3 Å². The molecule has 9 heteroatoms. The number of para-hydroxylation sites is 1. The Morgan fingerprint density at radius 1 is 1.13 bits per heavy atom. The lowest BCUT2D eigenvalue weighted by Gasteiger charge is -2.26. The lowest BCUT2D eigenvalue weighted by Crippen LogP contribution is -2.38. The number of nitrogens with one attached hydrogen (secondary N) is 1. The highest BCUT2D eigenvalue weighted by Gasteiger charge is 2.17. The molecule has 1 N–H and O–H groups in total. The van der Waals surface area contributed by atoms with E-state index in [4.69, 9.17) is 4.74 Å². The molecule has 0 saturated carbocycles. The normalized spacial score (nSPS) is 14.7. The number of thioether (sulfide) groups is 1. The van der Waals surface area contributed by atoms with Gasteiger partial charge in [-0.25, -0.2) is 0 Å². The third-order valence-corrected chi connectivity index (χ3v) is 6.59. The van der Waals surface area contributed by atoms with Crippen molar-refractivity contribution >= 4 is 29.0 Å². The van der Waals surface area contributed by atoms with Gasteiger partial charge in [0.2, 0.25) is 5.91 Å². The second kappa shape index (κ2) is 10.7. The highest BCUT2D eigenvalue weighted by molar-refractivity contribution is 7.99. The minimum atomic E-state index is 0.0160. The van der Waals surface area contributed by atoms with Crippen LogP contribution in [0.25, 0.3) is 16.4 Å². The van der Waals surface area contributed by atoms with Crippen LogP contribution in [0.15, 0.2) is 53.0 Å². The summed E-state index contributed by atoms with van der Waals surface area (Å²) >= 11 is 3.03. The molecule has 0 spiro atoms. The van der Waals surface area contributed by atoms with Crippen LogP contribution in [0, 0.1) is 0 Å². The molecule has 0 unspecified atom stereocenters. The van der Waals surface area contributed by atoms with E-state index >= 15 is 0 Å². The summed E-state index contributed by atoms with van der Waals surface area (Å²) in [6.07, 6.45) is 0.944. The number of ether oxygens (including phenoxy) is 1. The minimum Gasteiger partial charge on any atom is -0.379 e. The Balaban J connectivity index is 1.33. The van der Waals surface area contributed by atoms with Gasteiger partial charge in [0, 0.05) is 25.3 Å². The van der Waals surface area contributed by atoms with Crippen LogP contribution >= 0.6 is 23.1 Å². The van der Waals surface area contributed by atoms with Gasteiger partial charge in [0.25, 0.3) is 0 Å². The van der Waals surface area contributed by atoms with E-state index in [1.165, 1.54) is 11.8 Å². The molecule has 2 aromatic heterocycles. The first kappa shape index (κ1) is 21.0. The maximum atomic E-state index is 12.3. The fourth-order valence-electron chi connectivity index (χ4n) is 3.28. The van der Waals surface area contributed by atoms with E-state index in [0.717, 1.165) is 55.7 Å². The molecule has 3 aromatic rings. The Labute approximate surface area is 184 Å². The lowest BCUT2D eigenvalue weighted by molar-refractivity contribution is -0.118. The van der Waals surface area contributed by atoms with Crippen LogP contribution in [0.2, 0.25) is 0 Å². The summed E-state index contributed by atoms with van der Waals surface area (Å²) in [6.45, 7) is 5.24. The fraction of sp³-hybridized carbons (Fsp3) is 0.381. The van der Waals surface area contributed by atoms with Gasteiger partial charge in [-0.3, -0.25) is 14.3 Å². The first-order valence-electron chi connectivity index (χ1n) is 10.1. The molecule has 1 aliphatic rings. The molecule has 0 bridgehead atoms. The topological polar surface area (TPSA) is 72.3 Å². The summed E-state index contributed by atoms with van der Waals surface area (Å²) in [5.41, 5.74) is 0.985. The predicted octanol–water partition coefficient (Wildman–Crippen LogP) is 2.93. The van der Waals surface area contributed by atoms with Gasteiger partial charge < -0.3 is 10.1 Å². The van der Waals surface area contributed by atoms with Crippen LogP contribution < -0.4 is 5.32 Å². The van der Waals surface area contributed by atoms with Crippen molar-refractivity contribution in [3.63, 3.8) is 0 Å². The maximum absolute atomic E-state index is 12.3. The zero-order chi connectivity index (χ0) is 20.6. The number of hydrogen-bond donors (Lipinski definition) is 1. The Bertz CT molecular complexity index is 924. The van der Waals surface area contributed by atoms with E-state index < -0.39 is 0 Å². The van der Waals surface area contributed by atoms with E-state index in [-0.39, 0.29) is 5.91 Å². The molecule has 0 aliphatic carbocycles. The van der Waals surface area contributed by atoms with E-state index in [2.05, 4.69) is 20.4 Å². The fourth-order valence-corrected chi connectivity index (χ4v) is 4.76. The van der Waals surface area contributed by atoms with Gasteiger partial charge in [-0.15, -0.1) is 21.5 Å². The van der Waals surface area contributed by atoms with Crippen molar-refractivity contribution in [2.45, 2.75) is 11.6 Å². The molecular formula is C21H25N5O2S2. The van der Waals surface area contributed by atoms with Crippen LogP contribution in [0.3, 0.4) is 0 Å². The van der Waals surface area contributed by atoms with Gasteiger partial charge in [0.1, 0.15) is 0 Å². The molecule has 0 atom stereocenters. The van der Waals surface area contributed by atoms with E-state index in [0.29, 0.717) is 17.5 Å². The molecule has 3 heterocycles. The molecule has 1 saturated heterocycles. The second-order valence-corrected chi connectivity index (χ2v) is 8.79. The van der Waals surface area contributed by atoms with Crippen molar-refractivity contribution < 1.29 is 9.53 Å². The maximum Gasteiger partial charge on any atom is 0.230 e. The third-order valence-electron chi connectivity index (χ3n) is 4.80. The number of aromatic nitrogens is 3. The molecule has 0 radical (unpaired) electrons. The Morgan fingerprint density at radius 2 is 1.97 bits per heavy atom. The molecule has 30 heavy (non-hydrogen) atoms. The zero-order valence-corrected chi connectivity index (χ0v) is 18.3. The van der Waals surface area contributed by atoms with Gasteiger partial charge >= 0.3 is 0 Å². The first-order chi connectivity index (χ1) is 14.8. The molecule has 158 valence electrons. The minimum absolute atomic E-state index is 0.0160. The third kappa shape index (κ3) is 5.48. The van der Waals surface area contributed by atoms with Gasteiger partial charge in [0.05, 0.1) is 23.8 Å². The van der Waals surface area contributed by atoms with E-state index in [9.17, 15) is 4.79 Å². The van der Waals surface area contributed by atoms with Crippen LogP contribution in [0.5, 0.6) is 0 Å². The summed E-state index contributed by atoms with van der Waals surface area (Å²) in [5.74, 6) is 1.12. The molecular weight excluding hydrogens is 418 g/mol. The standard InChI is InChI=1S/C21H25N5O2S2/c27-19(22-9-5-10-25-11-13-28-14-12-25)16-30-21-24-23-20(18-8-4-15-29-18)26(21)17-6-2-1-3-7-17/h1-4,6-8,15H,5,9-14,16H2,(H,22,27). The van der Waals surface area contributed by atoms with Crippen LogP contribution in [-0.2, 0) is 9.53 Å². The van der Waals surface area contributed by atoms with Crippen LogP contribution in [-0.4, -0.2) is 70.7 Å². The monoisotopic (exact) mass is 443 g/mol. The zero-order valence-electron chi connectivity index (χ0n) is 16.7. The number of rotatable bonds is 9. The summed E-state index contributed by atoms with van der Waals surface area (Å²) in [5, 5.41) is 14.5. The number of morpholine rings is 1. The molecule has 1 aromatic carbocycles. The molecule has 4 rings (SSSR count). The summed E-state index contributed by atoms with van der Waals surface area (Å²) in [4.78, 5) is 15.8. The van der Waals surface area contributed by atoms with E-state index in [1.807, 2.05) is 52.4 Å². The van der Waals surface area contributed by atoms with Gasteiger partial charge in [-0.1, -0.05) is 36.0 Å². The number of carbonyl (C=O) groups excluding carboxylic acids is 1. The number of benzene rings is 1. The molecule has 1 aliphatic heterocycles. The number of amides is 1. The van der Waals surface area contributed by atoms with Crippen molar-refractivity contribution in [1.82, 2.24) is 25.0 Å².